The largest absolute Gasteiger partial charge is 0.504 e. The third-order valence-corrected chi connectivity index (χ3v) is 3.22. The first-order valence-electron chi connectivity index (χ1n) is 4.23. The van der Waals surface area contributed by atoms with E-state index in [4.69, 9.17) is 0 Å². The van der Waals surface area contributed by atoms with Crippen LogP contribution in [0.5, 0.6) is 5.75 Å². The van der Waals surface area contributed by atoms with Crippen molar-refractivity contribution in [3.8, 4) is 5.75 Å². The summed E-state index contributed by atoms with van der Waals surface area (Å²) in [5.74, 6) is -1.95. The first-order chi connectivity index (χ1) is 6.37. The number of benzene rings is 1. The average Bonchev–Trinajstić information content (AvgIpc) is 2.11. The Labute approximate surface area is 95.3 Å². The van der Waals surface area contributed by atoms with Gasteiger partial charge in [-0.3, -0.25) is 0 Å². The van der Waals surface area contributed by atoms with Crippen LogP contribution in [-0.4, -0.2) is 5.11 Å². The number of hydrogen-bond acceptors (Lipinski definition) is 1. The Kier molecular flexibility index (Phi) is 3.34. The maximum absolute atomic E-state index is 13.6. The van der Waals surface area contributed by atoms with E-state index in [0.29, 0.717) is 5.56 Å². The summed E-state index contributed by atoms with van der Waals surface area (Å²) in [4.78, 5) is 0. The number of hydrogen-bond donors (Lipinski definition) is 1. The molecule has 0 saturated heterocycles. The van der Waals surface area contributed by atoms with Crippen molar-refractivity contribution in [2.75, 3.05) is 0 Å². The van der Waals surface area contributed by atoms with Gasteiger partial charge in [0.2, 0.25) is 0 Å². The minimum atomic E-state index is -0.865. The van der Waals surface area contributed by atoms with Gasteiger partial charge in [0, 0.05) is 11.1 Å². The van der Waals surface area contributed by atoms with Crippen LogP contribution in [0.1, 0.15) is 30.9 Å². The summed E-state index contributed by atoms with van der Waals surface area (Å²) in [7, 11) is 0. The Morgan fingerprint density at radius 3 is 2.14 bits per heavy atom. The van der Waals surface area contributed by atoms with Gasteiger partial charge in [-0.15, -0.1) is 0 Å². The standard InChI is InChI=1S/C10H11F2IO/c1-4(2)6-7(11)5(3)8(12)10(14)9(6)13/h4,14H,1-3H3. The molecule has 78 valence electrons. The molecule has 0 fully saturated rings. The van der Waals surface area contributed by atoms with Gasteiger partial charge in [-0.25, -0.2) is 8.78 Å². The molecule has 1 rings (SSSR count). The SMILES string of the molecule is Cc1c(F)c(O)c(I)c(C(C)C)c1F. The molecule has 0 spiro atoms. The van der Waals surface area contributed by atoms with E-state index in [-0.39, 0.29) is 15.1 Å². The van der Waals surface area contributed by atoms with Gasteiger partial charge in [-0.1, -0.05) is 13.8 Å². The van der Waals surface area contributed by atoms with E-state index in [9.17, 15) is 13.9 Å². The second-order valence-electron chi connectivity index (χ2n) is 3.48. The molecule has 14 heavy (non-hydrogen) atoms. The van der Waals surface area contributed by atoms with Crippen LogP contribution in [0, 0.1) is 22.1 Å². The van der Waals surface area contributed by atoms with Gasteiger partial charge in [0.25, 0.3) is 0 Å². The van der Waals surface area contributed by atoms with Crippen molar-refractivity contribution in [2.24, 2.45) is 0 Å². The molecule has 0 aromatic heterocycles. The lowest BCUT2D eigenvalue weighted by molar-refractivity contribution is 0.417. The monoisotopic (exact) mass is 312 g/mol. The van der Waals surface area contributed by atoms with E-state index < -0.39 is 17.4 Å². The number of halogens is 3. The molecule has 1 aromatic carbocycles. The zero-order valence-electron chi connectivity index (χ0n) is 8.16. The Balaban J connectivity index is 3.60. The van der Waals surface area contributed by atoms with Gasteiger partial charge in [0.1, 0.15) is 5.82 Å². The van der Waals surface area contributed by atoms with Gasteiger partial charge < -0.3 is 5.11 Å². The average molecular weight is 312 g/mol. The molecule has 0 saturated carbocycles. The van der Waals surface area contributed by atoms with E-state index in [2.05, 4.69) is 0 Å². The predicted octanol–water partition coefficient (Wildman–Crippen LogP) is 3.71. The molecule has 0 atom stereocenters. The lowest BCUT2D eigenvalue weighted by Crippen LogP contribution is -2.03. The number of aromatic hydroxyl groups is 1. The summed E-state index contributed by atoms with van der Waals surface area (Å²) in [6.45, 7) is 4.93. The highest BCUT2D eigenvalue weighted by Crippen LogP contribution is 2.35. The summed E-state index contributed by atoms with van der Waals surface area (Å²) in [6, 6.07) is 0. The maximum atomic E-state index is 13.6. The molecule has 0 amide bonds. The molecule has 1 nitrogen and oxygen atoms in total. The zero-order valence-corrected chi connectivity index (χ0v) is 10.3. The molecule has 4 heteroatoms. The van der Waals surface area contributed by atoms with E-state index in [0.717, 1.165) is 0 Å². The van der Waals surface area contributed by atoms with Crippen molar-refractivity contribution >= 4 is 22.6 Å². The highest BCUT2D eigenvalue weighted by atomic mass is 127. The fraction of sp³-hybridized carbons (Fsp3) is 0.400. The van der Waals surface area contributed by atoms with Crippen LogP contribution in [0.15, 0.2) is 0 Å². The number of phenolic OH excluding ortho intramolecular Hbond substituents is 1. The van der Waals surface area contributed by atoms with Crippen LogP contribution in [0.4, 0.5) is 8.78 Å². The Hall–Kier alpha value is -0.390. The molecule has 0 aliphatic carbocycles. The Morgan fingerprint density at radius 2 is 1.71 bits per heavy atom. The lowest BCUT2D eigenvalue weighted by atomic mass is 9.99. The second-order valence-corrected chi connectivity index (χ2v) is 4.56. The van der Waals surface area contributed by atoms with Crippen molar-refractivity contribution in [1.82, 2.24) is 0 Å². The van der Waals surface area contributed by atoms with E-state index in [1.165, 1.54) is 6.92 Å². The fourth-order valence-corrected chi connectivity index (χ4v) is 2.40. The summed E-state index contributed by atoms with van der Waals surface area (Å²) in [5, 5.41) is 9.39. The number of rotatable bonds is 1. The molecule has 0 aliphatic rings. The highest BCUT2D eigenvalue weighted by Gasteiger charge is 2.21. The first-order valence-corrected chi connectivity index (χ1v) is 5.31. The maximum Gasteiger partial charge on any atom is 0.171 e. The predicted molar refractivity (Wildman–Crippen MR) is 59.6 cm³/mol. The van der Waals surface area contributed by atoms with Gasteiger partial charge in [0.05, 0.1) is 3.57 Å². The van der Waals surface area contributed by atoms with Gasteiger partial charge in [0.15, 0.2) is 11.6 Å². The van der Waals surface area contributed by atoms with Crippen LogP contribution in [-0.2, 0) is 0 Å². The molecular formula is C10H11F2IO. The van der Waals surface area contributed by atoms with Crippen molar-refractivity contribution in [1.29, 1.82) is 0 Å². The molecule has 0 aliphatic heterocycles. The highest BCUT2D eigenvalue weighted by molar-refractivity contribution is 14.1. The van der Waals surface area contributed by atoms with Gasteiger partial charge in [-0.2, -0.15) is 0 Å². The molecule has 0 bridgehead atoms. The third kappa shape index (κ3) is 1.71. The van der Waals surface area contributed by atoms with Crippen LogP contribution < -0.4 is 0 Å². The molecule has 0 heterocycles. The molecule has 1 N–H and O–H groups in total. The van der Waals surface area contributed by atoms with Crippen molar-refractivity contribution in [2.45, 2.75) is 26.7 Å². The normalized spacial score (nSPS) is 11.1. The second kappa shape index (κ2) is 4.00. The minimum absolute atomic E-state index is 0.0768. The smallest absolute Gasteiger partial charge is 0.171 e. The third-order valence-electron chi connectivity index (χ3n) is 2.12. The molecule has 0 unspecified atom stereocenters. The lowest BCUT2D eigenvalue weighted by Gasteiger charge is -2.14. The Bertz CT molecular complexity index is 346. The number of phenols is 1. The molecule has 0 radical (unpaired) electrons. The van der Waals surface area contributed by atoms with Gasteiger partial charge >= 0.3 is 0 Å². The summed E-state index contributed by atoms with van der Waals surface area (Å²) >= 11 is 1.76. The van der Waals surface area contributed by atoms with E-state index >= 15 is 0 Å². The first kappa shape index (κ1) is 11.7. The quantitative estimate of drug-likeness (QED) is 0.784. The van der Waals surface area contributed by atoms with Crippen LogP contribution >= 0.6 is 22.6 Å². The van der Waals surface area contributed by atoms with Crippen LogP contribution in [0.2, 0.25) is 0 Å². The minimum Gasteiger partial charge on any atom is -0.504 e. The van der Waals surface area contributed by atoms with Crippen molar-refractivity contribution < 1.29 is 13.9 Å². The van der Waals surface area contributed by atoms with Crippen molar-refractivity contribution in [3.63, 3.8) is 0 Å². The van der Waals surface area contributed by atoms with Crippen LogP contribution in [0.3, 0.4) is 0 Å². The summed E-state index contributed by atoms with van der Waals surface area (Å²) in [6.07, 6.45) is 0. The van der Waals surface area contributed by atoms with E-state index in [1.807, 2.05) is 0 Å². The molecule has 1 aromatic rings. The van der Waals surface area contributed by atoms with E-state index in [1.54, 1.807) is 36.4 Å². The topological polar surface area (TPSA) is 20.2 Å². The van der Waals surface area contributed by atoms with Crippen LogP contribution in [0.25, 0.3) is 0 Å². The zero-order chi connectivity index (χ0) is 11.0. The van der Waals surface area contributed by atoms with Gasteiger partial charge in [-0.05, 0) is 35.4 Å². The summed E-state index contributed by atoms with van der Waals surface area (Å²) in [5.41, 5.74) is 0.258. The summed E-state index contributed by atoms with van der Waals surface area (Å²) < 4.78 is 27.1. The van der Waals surface area contributed by atoms with Crippen molar-refractivity contribution in [3.05, 3.63) is 26.3 Å². The Morgan fingerprint density at radius 1 is 1.21 bits per heavy atom. The molecular weight excluding hydrogens is 301 g/mol. The fourth-order valence-electron chi connectivity index (χ4n) is 1.30.